The third-order valence-electron chi connectivity index (χ3n) is 2.01. The quantitative estimate of drug-likeness (QED) is 0.726. The maximum absolute atomic E-state index is 10.4. The lowest BCUT2D eigenvalue weighted by Gasteiger charge is -1.99. The van der Waals surface area contributed by atoms with Gasteiger partial charge in [0.1, 0.15) is 6.29 Å². The first-order valence-electron chi connectivity index (χ1n) is 5.78. The minimum atomic E-state index is 0.685. The van der Waals surface area contributed by atoms with Crippen LogP contribution in [-0.2, 0) is 0 Å². The van der Waals surface area contributed by atoms with Crippen LogP contribution in [0.2, 0.25) is 0 Å². The van der Waals surface area contributed by atoms with Gasteiger partial charge in [0.2, 0.25) is 0 Å². The third-order valence-corrected chi connectivity index (χ3v) is 2.01. The average molecular weight is 227 g/mol. The van der Waals surface area contributed by atoms with E-state index in [1.54, 1.807) is 18.3 Å². The Bertz CT molecular complexity index is 434. The Morgan fingerprint density at radius 3 is 2.18 bits per heavy atom. The Labute approximate surface area is 102 Å². The van der Waals surface area contributed by atoms with Crippen molar-refractivity contribution in [2.45, 2.75) is 20.3 Å². The van der Waals surface area contributed by atoms with Crippen LogP contribution in [0, 0.1) is 0 Å². The summed E-state index contributed by atoms with van der Waals surface area (Å²) in [6.07, 6.45) is 3.84. The minimum absolute atomic E-state index is 0.685. The van der Waals surface area contributed by atoms with Gasteiger partial charge in [0.05, 0.1) is 5.69 Å². The highest BCUT2D eigenvalue weighted by Crippen LogP contribution is 2.15. The zero-order chi connectivity index (χ0) is 12.5. The molecule has 17 heavy (non-hydrogen) atoms. The molecule has 1 aromatic carbocycles. The van der Waals surface area contributed by atoms with Crippen molar-refractivity contribution in [3.63, 3.8) is 0 Å². The lowest BCUT2D eigenvalue weighted by molar-refractivity contribution is 0.112. The molecule has 0 amide bonds. The predicted octanol–water partition coefficient (Wildman–Crippen LogP) is 3.98. The van der Waals surface area contributed by atoms with Gasteiger partial charge in [0.15, 0.2) is 0 Å². The van der Waals surface area contributed by atoms with Crippen LogP contribution in [0.4, 0.5) is 0 Å². The van der Waals surface area contributed by atoms with Crippen LogP contribution >= 0.6 is 0 Å². The number of rotatable bonds is 2. The molecule has 0 atom stereocenters. The number of nitrogens with zero attached hydrogens (tertiary/aromatic N) is 1. The zero-order valence-electron chi connectivity index (χ0n) is 10.3. The highest BCUT2D eigenvalue weighted by Gasteiger charge is 1.96. The first kappa shape index (κ1) is 13.1. The highest BCUT2D eigenvalue weighted by molar-refractivity contribution is 5.76. The molecule has 0 unspecified atom stereocenters. The minimum Gasteiger partial charge on any atom is -0.298 e. The Kier molecular flexibility index (Phi) is 5.66. The number of carbonyl (C=O) groups is 1. The molecule has 2 aromatic rings. The van der Waals surface area contributed by atoms with Gasteiger partial charge in [0.25, 0.3) is 0 Å². The largest absolute Gasteiger partial charge is 0.298 e. The fraction of sp³-hybridized carbons (Fsp3) is 0.200. The summed E-state index contributed by atoms with van der Waals surface area (Å²) < 4.78 is 0. The van der Waals surface area contributed by atoms with E-state index in [-0.39, 0.29) is 0 Å². The van der Waals surface area contributed by atoms with E-state index in [1.165, 1.54) is 6.42 Å². The van der Waals surface area contributed by atoms with Crippen molar-refractivity contribution in [3.8, 4) is 11.3 Å². The lowest BCUT2D eigenvalue weighted by Crippen LogP contribution is -1.83. The lowest BCUT2D eigenvalue weighted by atomic mass is 10.1. The molecule has 0 aliphatic rings. The van der Waals surface area contributed by atoms with Crippen LogP contribution < -0.4 is 0 Å². The summed E-state index contributed by atoms with van der Waals surface area (Å²) in [6.45, 7) is 4.25. The molecule has 0 radical (unpaired) electrons. The smallest absolute Gasteiger partial charge is 0.150 e. The second-order valence-electron chi connectivity index (χ2n) is 3.66. The van der Waals surface area contributed by atoms with Gasteiger partial charge >= 0.3 is 0 Å². The standard InChI is InChI=1S/C12H9NO.C3H8/c14-9-10-4-6-11(7-5-10)12-3-1-2-8-13-12;1-3-2/h1-9H;3H2,1-2H3. The molecule has 0 aliphatic heterocycles. The summed E-state index contributed by atoms with van der Waals surface area (Å²) in [5.74, 6) is 0. The number of carbonyl (C=O) groups excluding carboxylic acids is 1. The number of benzene rings is 1. The van der Waals surface area contributed by atoms with Crippen LogP contribution in [0.1, 0.15) is 30.6 Å². The number of aromatic nitrogens is 1. The van der Waals surface area contributed by atoms with Gasteiger partial charge in [-0.25, -0.2) is 0 Å². The van der Waals surface area contributed by atoms with Gasteiger partial charge in [-0.3, -0.25) is 9.78 Å². The van der Waals surface area contributed by atoms with E-state index in [2.05, 4.69) is 18.8 Å². The summed E-state index contributed by atoms with van der Waals surface area (Å²) in [5.41, 5.74) is 2.63. The van der Waals surface area contributed by atoms with Crippen molar-refractivity contribution >= 4 is 6.29 Å². The molecule has 0 saturated heterocycles. The number of aldehydes is 1. The van der Waals surface area contributed by atoms with Gasteiger partial charge in [-0.2, -0.15) is 0 Å². The molecule has 2 rings (SSSR count). The summed E-state index contributed by atoms with van der Waals surface area (Å²) in [6, 6.07) is 13.1. The van der Waals surface area contributed by atoms with E-state index in [0.717, 1.165) is 17.5 Å². The summed E-state index contributed by atoms with van der Waals surface area (Å²) in [5, 5.41) is 0. The second-order valence-corrected chi connectivity index (χ2v) is 3.66. The van der Waals surface area contributed by atoms with Crippen molar-refractivity contribution in [1.29, 1.82) is 0 Å². The Balaban J connectivity index is 0.000000437. The van der Waals surface area contributed by atoms with E-state index in [0.29, 0.717) is 5.56 Å². The SMILES string of the molecule is CCC.O=Cc1ccc(-c2ccccn2)cc1. The van der Waals surface area contributed by atoms with E-state index in [4.69, 9.17) is 0 Å². The number of pyridine rings is 1. The molecular weight excluding hydrogens is 210 g/mol. The molecule has 0 aliphatic carbocycles. The molecule has 0 saturated carbocycles. The maximum atomic E-state index is 10.4. The third kappa shape index (κ3) is 4.19. The predicted molar refractivity (Wildman–Crippen MR) is 71.0 cm³/mol. The second kappa shape index (κ2) is 7.34. The van der Waals surface area contributed by atoms with Crippen LogP contribution in [0.3, 0.4) is 0 Å². The van der Waals surface area contributed by atoms with Crippen LogP contribution in [0.15, 0.2) is 48.7 Å². The number of hydrogen-bond acceptors (Lipinski definition) is 2. The molecule has 1 aromatic heterocycles. The van der Waals surface area contributed by atoms with Gasteiger partial charge in [0, 0.05) is 17.3 Å². The molecule has 0 bridgehead atoms. The molecule has 0 fully saturated rings. The topological polar surface area (TPSA) is 30.0 Å². The molecule has 1 heterocycles. The van der Waals surface area contributed by atoms with Crippen LogP contribution in [-0.4, -0.2) is 11.3 Å². The average Bonchev–Trinajstić information content (AvgIpc) is 2.41. The van der Waals surface area contributed by atoms with Crippen molar-refractivity contribution in [2.75, 3.05) is 0 Å². The van der Waals surface area contributed by atoms with Gasteiger partial charge in [-0.05, 0) is 12.1 Å². The first-order chi connectivity index (χ1) is 8.31. The zero-order valence-corrected chi connectivity index (χ0v) is 10.3. The monoisotopic (exact) mass is 227 g/mol. The van der Waals surface area contributed by atoms with E-state index in [1.807, 2.05) is 30.3 Å². The van der Waals surface area contributed by atoms with Crippen molar-refractivity contribution in [2.24, 2.45) is 0 Å². The fourth-order valence-corrected chi connectivity index (χ4v) is 1.27. The van der Waals surface area contributed by atoms with E-state index in [9.17, 15) is 4.79 Å². The molecule has 0 N–H and O–H groups in total. The van der Waals surface area contributed by atoms with E-state index < -0.39 is 0 Å². The maximum Gasteiger partial charge on any atom is 0.150 e. The summed E-state index contributed by atoms with van der Waals surface area (Å²) in [4.78, 5) is 14.7. The fourth-order valence-electron chi connectivity index (χ4n) is 1.27. The molecule has 2 heteroatoms. The molecule has 0 spiro atoms. The first-order valence-corrected chi connectivity index (χ1v) is 5.78. The van der Waals surface area contributed by atoms with E-state index >= 15 is 0 Å². The molecule has 2 nitrogen and oxygen atoms in total. The van der Waals surface area contributed by atoms with Crippen LogP contribution in [0.5, 0.6) is 0 Å². The Morgan fingerprint density at radius 1 is 1.06 bits per heavy atom. The van der Waals surface area contributed by atoms with Gasteiger partial charge < -0.3 is 0 Å². The molecular formula is C15H17NO. The van der Waals surface area contributed by atoms with Crippen LogP contribution in [0.25, 0.3) is 11.3 Å². The summed E-state index contributed by atoms with van der Waals surface area (Å²) in [7, 11) is 0. The molecule has 88 valence electrons. The Morgan fingerprint density at radius 2 is 1.71 bits per heavy atom. The van der Waals surface area contributed by atoms with Crippen molar-refractivity contribution < 1.29 is 4.79 Å². The van der Waals surface area contributed by atoms with Gasteiger partial charge in [-0.1, -0.05) is 50.6 Å². The van der Waals surface area contributed by atoms with Crippen molar-refractivity contribution in [3.05, 3.63) is 54.2 Å². The van der Waals surface area contributed by atoms with Gasteiger partial charge in [-0.15, -0.1) is 0 Å². The normalized spacial score (nSPS) is 9.06. The Hall–Kier alpha value is -1.96. The number of hydrogen-bond donors (Lipinski definition) is 0. The highest BCUT2D eigenvalue weighted by atomic mass is 16.1. The van der Waals surface area contributed by atoms with Crippen molar-refractivity contribution in [1.82, 2.24) is 4.98 Å². The summed E-state index contributed by atoms with van der Waals surface area (Å²) >= 11 is 0.